The molecule has 1 nitrogen and oxygen atoms in total. The molecule has 0 aromatic heterocycles. The van der Waals surface area contributed by atoms with Crippen LogP contribution in [0.4, 0.5) is 4.39 Å². The highest BCUT2D eigenvalue weighted by atomic mass is 35.5. The zero-order valence-corrected chi connectivity index (χ0v) is 14.0. The topological polar surface area (TPSA) is 12.0 Å². The van der Waals surface area contributed by atoms with Crippen molar-refractivity contribution in [2.75, 3.05) is 0 Å². The van der Waals surface area contributed by atoms with Crippen LogP contribution in [0.1, 0.15) is 26.3 Å². The van der Waals surface area contributed by atoms with E-state index in [0.717, 1.165) is 10.5 Å². The highest BCUT2D eigenvalue weighted by Crippen LogP contribution is 2.37. The molecule has 0 radical (unpaired) electrons. The number of benzene rings is 2. The molecule has 2 aromatic carbocycles. The standard InChI is InChI=1S/C17H19ClFNS/c1-17(2,3)20-11-12-7-6-8-13(18)16(12)21-15-10-5-4-9-14(15)19/h4-10,20H,11H2,1-3H3. The molecule has 4 heteroatoms. The van der Waals surface area contributed by atoms with Crippen LogP contribution in [0.25, 0.3) is 0 Å². The Morgan fingerprint density at radius 3 is 2.48 bits per heavy atom. The largest absolute Gasteiger partial charge is 0.308 e. The minimum Gasteiger partial charge on any atom is -0.308 e. The molecule has 21 heavy (non-hydrogen) atoms. The summed E-state index contributed by atoms with van der Waals surface area (Å²) < 4.78 is 13.8. The van der Waals surface area contributed by atoms with Gasteiger partial charge in [0.25, 0.3) is 0 Å². The minimum absolute atomic E-state index is 0.0161. The van der Waals surface area contributed by atoms with Crippen LogP contribution in [0.15, 0.2) is 52.3 Å². The zero-order chi connectivity index (χ0) is 15.5. The number of rotatable bonds is 4. The lowest BCUT2D eigenvalue weighted by molar-refractivity contribution is 0.422. The summed E-state index contributed by atoms with van der Waals surface area (Å²) in [6.45, 7) is 7.03. The molecule has 0 unspecified atom stereocenters. The van der Waals surface area contributed by atoms with Crippen molar-refractivity contribution in [3.63, 3.8) is 0 Å². The third-order valence-electron chi connectivity index (χ3n) is 2.91. The molecule has 0 aliphatic heterocycles. The van der Waals surface area contributed by atoms with Gasteiger partial charge < -0.3 is 5.32 Å². The van der Waals surface area contributed by atoms with E-state index >= 15 is 0 Å². The monoisotopic (exact) mass is 323 g/mol. The first-order valence-electron chi connectivity index (χ1n) is 6.81. The third-order valence-corrected chi connectivity index (χ3v) is 4.57. The second-order valence-electron chi connectivity index (χ2n) is 5.86. The van der Waals surface area contributed by atoms with Gasteiger partial charge in [-0.25, -0.2) is 4.39 Å². The van der Waals surface area contributed by atoms with E-state index in [0.29, 0.717) is 16.5 Å². The average molecular weight is 324 g/mol. The smallest absolute Gasteiger partial charge is 0.137 e. The van der Waals surface area contributed by atoms with Crippen molar-refractivity contribution in [1.82, 2.24) is 5.32 Å². The average Bonchev–Trinajstić information content (AvgIpc) is 2.41. The van der Waals surface area contributed by atoms with Crippen molar-refractivity contribution in [2.45, 2.75) is 42.6 Å². The lowest BCUT2D eigenvalue weighted by atomic mass is 10.1. The first kappa shape index (κ1) is 16.3. The number of halogens is 2. The predicted octanol–water partition coefficient (Wildman–Crippen LogP) is 5.52. The summed E-state index contributed by atoms with van der Waals surface area (Å²) in [5.74, 6) is -0.225. The van der Waals surface area contributed by atoms with E-state index in [1.54, 1.807) is 12.1 Å². The van der Waals surface area contributed by atoms with E-state index in [9.17, 15) is 4.39 Å². The summed E-state index contributed by atoms with van der Waals surface area (Å²) in [6.07, 6.45) is 0. The maximum atomic E-state index is 13.8. The summed E-state index contributed by atoms with van der Waals surface area (Å²) in [7, 11) is 0. The molecule has 0 saturated carbocycles. The molecule has 0 heterocycles. The summed E-state index contributed by atoms with van der Waals surface area (Å²) in [6, 6.07) is 12.5. The lowest BCUT2D eigenvalue weighted by Gasteiger charge is -2.22. The first-order chi connectivity index (χ1) is 9.87. The van der Waals surface area contributed by atoms with Crippen molar-refractivity contribution in [2.24, 2.45) is 0 Å². The lowest BCUT2D eigenvalue weighted by Crippen LogP contribution is -2.35. The van der Waals surface area contributed by atoms with E-state index in [2.05, 4.69) is 26.1 Å². The minimum atomic E-state index is -0.225. The maximum absolute atomic E-state index is 13.8. The third kappa shape index (κ3) is 4.73. The number of nitrogens with one attached hydrogen (secondary N) is 1. The Kier molecular flexibility index (Phi) is 5.31. The van der Waals surface area contributed by atoms with Crippen molar-refractivity contribution < 1.29 is 4.39 Å². The molecule has 0 amide bonds. The van der Waals surface area contributed by atoms with Gasteiger partial charge >= 0.3 is 0 Å². The first-order valence-corrected chi connectivity index (χ1v) is 8.01. The number of hydrogen-bond donors (Lipinski definition) is 1. The molecule has 0 bridgehead atoms. The van der Waals surface area contributed by atoms with Gasteiger partial charge in [0.2, 0.25) is 0 Å². The quantitative estimate of drug-likeness (QED) is 0.795. The van der Waals surface area contributed by atoms with Crippen LogP contribution in [-0.2, 0) is 6.54 Å². The summed E-state index contributed by atoms with van der Waals surface area (Å²) in [5, 5.41) is 4.09. The highest BCUT2D eigenvalue weighted by molar-refractivity contribution is 7.99. The van der Waals surface area contributed by atoms with Crippen LogP contribution < -0.4 is 5.32 Å². The van der Waals surface area contributed by atoms with Crippen LogP contribution in [-0.4, -0.2) is 5.54 Å². The van der Waals surface area contributed by atoms with Gasteiger partial charge in [0.15, 0.2) is 0 Å². The number of hydrogen-bond acceptors (Lipinski definition) is 2. The SMILES string of the molecule is CC(C)(C)NCc1cccc(Cl)c1Sc1ccccc1F. The molecule has 2 rings (SSSR count). The Hall–Kier alpha value is -1.03. The van der Waals surface area contributed by atoms with Gasteiger partial charge in [0.1, 0.15) is 5.82 Å². The summed E-state index contributed by atoms with van der Waals surface area (Å²) in [5.41, 5.74) is 1.09. The van der Waals surface area contributed by atoms with Crippen molar-refractivity contribution >= 4 is 23.4 Å². The van der Waals surface area contributed by atoms with Crippen LogP contribution >= 0.6 is 23.4 Å². The Morgan fingerprint density at radius 2 is 1.81 bits per heavy atom. The van der Waals surface area contributed by atoms with Gasteiger partial charge in [-0.15, -0.1) is 0 Å². The second-order valence-corrected chi connectivity index (χ2v) is 7.32. The molecule has 0 atom stereocenters. The Bertz CT molecular complexity index is 622. The van der Waals surface area contributed by atoms with E-state index in [1.807, 2.05) is 24.3 Å². The second kappa shape index (κ2) is 6.82. The van der Waals surface area contributed by atoms with Gasteiger partial charge in [-0.2, -0.15) is 0 Å². The van der Waals surface area contributed by atoms with Gasteiger partial charge in [-0.1, -0.05) is 47.6 Å². The summed E-state index contributed by atoms with van der Waals surface area (Å²) >= 11 is 7.68. The fourth-order valence-corrected chi connectivity index (χ4v) is 3.08. The van der Waals surface area contributed by atoms with Gasteiger partial charge in [-0.05, 0) is 44.5 Å². The van der Waals surface area contributed by atoms with Gasteiger partial charge in [0, 0.05) is 21.9 Å². The Morgan fingerprint density at radius 1 is 1.10 bits per heavy atom. The van der Waals surface area contributed by atoms with E-state index in [4.69, 9.17) is 11.6 Å². The molecule has 2 aromatic rings. The highest BCUT2D eigenvalue weighted by Gasteiger charge is 2.14. The fourth-order valence-electron chi connectivity index (χ4n) is 1.80. The van der Waals surface area contributed by atoms with Crippen LogP contribution in [0.2, 0.25) is 5.02 Å². The normalized spacial score (nSPS) is 11.7. The van der Waals surface area contributed by atoms with Crippen molar-refractivity contribution in [1.29, 1.82) is 0 Å². The molecular formula is C17H19ClFNS. The van der Waals surface area contributed by atoms with E-state index in [1.165, 1.54) is 17.8 Å². The molecule has 0 aliphatic carbocycles. The summed E-state index contributed by atoms with van der Waals surface area (Å²) in [4.78, 5) is 1.49. The molecule has 0 saturated heterocycles. The maximum Gasteiger partial charge on any atom is 0.137 e. The fraction of sp³-hybridized carbons (Fsp3) is 0.294. The van der Waals surface area contributed by atoms with Crippen molar-refractivity contribution in [3.8, 4) is 0 Å². The van der Waals surface area contributed by atoms with E-state index in [-0.39, 0.29) is 11.4 Å². The van der Waals surface area contributed by atoms with Crippen LogP contribution in [0.3, 0.4) is 0 Å². The predicted molar refractivity (Wildman–Crippen MR) is 88.6 cm³/mol. The molecule has 0 fully saturated rings. The molecule has 0 spiro atoms. The molecule has 0 aliphatic rings. The van der Waals surface area contributed by atoms with Gasteiger partial charge in [-0.3, -0.25) is 0 Å². The van der Waals surface area contributed by atoms with Gasteiger partial charge in [0.05, 0.1) is 5.02 Å². The van der Waals surface area contributed by atoms with E-state index < -0.39 is 0 Å². The van der Waals surface area contributed by atoms with Crippen molar-refractivity contribution in [3.05, 3.63) is 58.9 Å². The zero-order valence-electron chi connectivity index (χ0n) is 12.4. The molecular weight excluding hydrogens is 305 g/mol. The molecule has 112 valence electrons. The molecule has 1 N–H and O–H groups in total. The van der Waals surface area contributed by atoms with Crippen LogP contribution in [0.5, 0.6) is 0 Å². The Balaban J connectivity index is 2.28. The Labute approximate surface area is 134 Å². The van der Waals surface area contributed by atoms with Crippen LogP contribution in [0, 0.1) is 5.82 Å².